The summed E-state index contributed by atoms with van der Waals surface area (Å²) in [4.78, 5) is 11.5. The number of hydrogen-bond donors (Lipinski definition) is 1. The first-order chi connectivity index (χ1) is 9.98. The van der Waals surface area contributed by atoms with Gasteiger partial charge in [-0.25, -0.2) is 13.2 Å². The van der Waals surface area contributed by atoms with Crippen molar-refractivity contribution < 1.29 is 17.6 Å². The molecule has 0 amide bonds. The monoisotopic (exact) mass is 310 g/mol. The van der Waals surface area contributed by atoms with Crippen LogP contribution in [-0.2, 0) is 14.8 Å². The minimum Gasteiger partial charge on any atom is -0.421 e. The van der Waals surface area contributed by atoms with Crippen LogP contribution in [0.15, 0.2) is 38.4 Å². The van der Waals surface area contributed by atoms with Crippen LogP contribution in [0.3, 0.4) is 0 Å². The lowest BCUT2D eigenvalue weighted by atomic mass is 10.2. The molecule has 21 heavy (non-hydrogen) atoms. The third-order valence-electron chi connectivity index (χ3n) is 3.34. The van der Waals surface area contributed by atoms with E-state index in [2.05, 4.69) is 0 Å². The Hall–Kier alpha value is -1.90. The maximum atomic E-state index is 12.5. The van der Waals surface area contributed by atoms with Crippen molar-refractivity contribution in [3.63, 3.8) is 0 Å². The molecule has 0 unspecified atom stereocenters. The van der Waals surface area contributed by atoms with Gasteiger partial charge in [0.1, 0.15) is 11.3 Å². The normalized spacial score (nSPS) is 17.1. The van der Waals surface area contributed by atoms with Crippen LogP contribution in [0.25, 0.3) is 11.0 Å². The molecule has 0 spiro atoms. The molecule has 2 N–H and O–H groups in total. The molecule has 2 heterocycles. The summed E-state index contributed by atoms with van der Waals surface area (Å²) in [6, 6.07) is 5.76. The lowest BCUT2D eigenvalue weighted by molar-refractivity contribution is 0.0730. The number of nitrogens with zero attached hydrogens (tertiary/aromatic N) is 1. The zero-order chi connectivity index (χ0) is 15.0. The van der Waals surface area contributed by atoms with Crippen LogP contribution in [0.2, 0.25) is 0 Å². The van der Waals surface area contributed by atoms with Gasteiger partial charge in [0, 0.05) is 18.5 Å². The molecular formula is C13H14N2O5S. The van der Waals surface area contributed by atoms with Gasteiger partial charge in [0.05, 0.1) is 18.1 Å². The number of ether oxygens (including phenoxy) is 1. The van der Waals surface area contributed by atoms with Gasteiger partial charge in [0.25, 0.3) is 0 Å². The topological polar surface area (TPSA) is 103 Å². The fourth-order valence-electron chi connectivity index (χ4n) is 2.21. The lowest BCUT2D eigenvalue weighted by Gasteiger charge is -2.26. The standard InChI is InChI=1S/C13H14N2O5S/c14-11-8-9-7-10(1-2-12(9)20-13(11)16)21(17,18)15-3-5-19-6-4-15/h1-2,7-8H,3-6,14H2. The van der Waals surface area contributed by atoms with E-state index in [0.29, 0.717) is 37.3 Å². The Kier molecular flexibility index (Phi) is 3.44. The molecule has 1 aliphatic heterocycles. The van der Waals surface area contributed by atoms with Gasteiger partial charge >= 0.3 is 5.63 Å². The molecule has 1 saturated heterocycles. The Bertz CT molecular complexity index is 837. The molecule has 1 aromatic heterocycles. The number of fused-ring (bicyclic) bond motifs is 1. The van der Waals surface area contributed by atoms with Crippen LogP contribution >= 0.6 is 0 Å². The summed E-state index contributed by atoms with van der Waals surface area (Å²) in [7, 11) is -3.58. The quantitative estimate of drug-likeness (QED) is 0.805. The Balaban J connectivity index is 2.07. The van der Waals surface area contributed by atoms with E-state index in [1.54, 1.807) is 0 Å². The zero-order valence-corrected chi connectivity index (χ0v) is 11.9. The first-order valence-electron chi connectivity index (χ1n) is 6.40. The predicted octanol–water partition coefficient (Wildman–Crippen LogP) is 0.396. The summed E-state index contributed by atoms with van der Waals surface area (Å²) in [5.74, 6) is 0. The highest BCUT2D eigenvalue weighted by Crippen LogP contribution is 2.22. The molecule has 0 radical (unpaired) electrons. The first kappa shape index (κ1) is 14.1. The van der Waals surface area contributed by atoms with Crippen molar-refractivity contribution in [1.82, 2.24) is 4.31 Å². The van der Waals surface area contributed by atoms with Gasteiger partial charge in [-0.3, -0.25) is 0 Å². The van der Waals surface area contributed by atoms with Gasteiger partial charge < -0.3 is 14.9 Å². The van der Waals surface area contributed by atoms with Gasteiger partial charge in [-0.1, -0.05) is 0 Å². The molecule has 1 fully saturated rings. The number of nitrogens with two attached hydrogens (primary N) is 1. The minimum atomic E-state index is -3.58. The van der Waals surface area contributed by atoms with Crippen molar-refractivity contribution in [2.24, 2.45) is 0 Å². The van der Waals surface area contributed by atoms with Crippen molar-refractivity contribution >= 4 is 26.7 Å². The van der Waals surface area contributed by atoms with E-state index >= 15 is 0 Å². The van der Waals surface area contributed by atoms with Crippen LogP contribution < -0.4 is 11.4 Å². The highest BCUT2D eigenvalue weighted by atomic mass is 32.2. The second-order valence-corrected chi connectivity index (χ2v) is 6.64. The Morgan fingerprint density at radius 1 is 1.14 bits per heavy atom. The highest BCUT2D eigenvalue weighted by molar-refractivity contribution is 7.89. The van der Waals surface area contributed by atoms with Gasteiger partial charge in [-0.05, 0) is 24.3 Å². The molecule has 2 aromatic rings. The number of morpholine rings is 1. The zero-order valence-electron chi connectivity index (χ0n) is 11.1. The van der Waals surface area contributed by atoms with Gasteiger partial charge in [-0.15, -0.1) is 0 Å². The number of sulfonamides is 1. The molecule has 8 heteroatoms. The fourth-order valence-corrected chi connectivity index (χ4v) is 3.66. The maximum absolute atomic E-state index is 12.5. The SMILES string of the molecule is Nc1cc2cc(S(=O)(=O)N3CCOCC3)ccc2oc1=O. The smallest absolute Gasteiger partial charge is 0.359 e. The molecule has 112 valence electrons. The number of rotatable bonds is 2. The summed E-state index contributed by atoms with van der Waals surface area (Å²) in [5.41, 5.74) is 5.12. The first-order valence-corrected chi connectivity index (χ1v) is 7.84. The second kappa shape index (κ2) is 5.14. The summed E-state index contributed by atoms with van der Waals surface area (Å²) < 4.78 is 36.6. The van der Waals surface area contributed by atoms with Crippen molar-refractivity contribution in [3.05, 3.63) is 34.7 Å². The molecule has 0 saturated carbocycles. The molecule has 1 aromatic carbocycles. The fraction of sp³-hybridized carbons (Fsp3) is 0.308. The van der Waals surface area contributed by atoms with E-state index in [0.717, 1.165) is 0 Å². The van der Waals surface area contributed by atoms with E-state index in [-0.39, 0.29) is 10.6 Å². The van der Waals surface area contributed by atoms with E-state index in [9.17, 15) is 13.2 Å². The Morgan fingerprint density at radius 2 is 1.86 bits per heavy atom. The number of nitrogen functional groups attached to an aromatic ring is 1. The summed E-state index contributed by atoms with van der Waals surface area (Å²) in [5, 5.41) is 0.474. The van der Waals surface area contributed by atoms with E-state index < -0.39 is 15.6 Å². The minimum absolute atomic E-state index is 0.0524. The van der Waals surface area contributed by atoms with Crippen molar-refractivity contribution in [2.45, 2.75) is 4.90 Å². The van der Waals surface area contributed by atoms with Crippen LogP contribution in [-0.4, -0.2) is 39.0 Å². The van der Waals surface area contributed by atoms with Crippen molar-refractivity contribution in [1.29, 1.82) is 0 Å². The van der Waals surface area contributed by atoms with Crippen LogP contribution in [0.5, 0.6) is 0 Å². The molecular weight excluding hydrogens is 296 g/mol. The predicted molar refractivity (Wildman–Crippen MR) is 76.5 cm³/mol. The number of hydrogen-bond acceptors (Lipinski definition) is 6. The van der Waals surface area contributed by atoms with Crippen LogP contribution in [0.1, 0.15) is 0 Å². The third kappa shape index (κ3) is 2.53. The molecule has 0 atom stereocenters. The summed E-state index contributed by atoms with van der Waals surface area (Å²) in [6.07, 6.45) is 0. The van der Waals surface area contributed by atoms with Gasteiger partial charge in [0.2, 0.25) is 10.0 Å². The lowest BCUT2D eigenvalue weighted by Crippen LogP contribution is -2.40. The van der Waals surface area contributed by atoms with Gasteiger partial charge in [-0.2, -0.15) is 4.31 Å². The van der Waals surface area contributed by atoms with E-state index in [1.807, 2.05) is 0 Å². The number of benzene rings is 1. The largest absolute Gasteiger partial charge is 0.421 e. The summed E-state index contributed by atoms with van der Waals surface area (Å²) in [6.45, 7) is 1.42. The molecule has 1 aliphatic rings. The highest BCUT2D eigenvalue weighted by Gasteiger charge is 2.26. The van der Waals surface area contributed by atoms with Crippen LogP contribution in [0, 0.1) is 0 Å². The molecule has 0 aliphatic carbocycles. The summed E-state index contributed by atoms with van der Waals surface area (Å²) >= 11 is 0. The van der Waals surface area contributed by atoms with Crippen molar-refractivity contribution in [3.8, 4) is 0 Å². The third-order valence-corrected chi connectivity index (χ3v) is 5.23. The maximum Gasteiger partial charge on any atom is 0.359 e. The molecule has 7 nitrogen and oxygen atoms in total. The molecule has 3 rings (SSSR count). The van der Waals surface area contributed by atoms with Gasteiger partial charge in [0.15, 0.2) is 0 Å². The average molecular weight is 310 g/mol. The Labute approximate surface area is 121 Å². The Morgan fingerprint density at radius 3 is 2.57 bits per heavy atom. The van der Waals surface area contributed by atoms with E-state index in [4.69, 9.17) is 14.9 Å². The number of anilines is 1. The molecule has 0 bridgehead atoms. The second-order valence-electron chi connectivity index (χ2n) is 4.71. The van der Waals surface area contributed by atoms with Crippen LogP contribution in [0.4, 0.5) is 5.69 Å². The van der Waals surface area contributed by atoms with E-state index in [1.165, 1.54) is 28.6 Å². The average Bonchev–Trinajstić information content (AvgIpc) is 2.49. The van der Waals surface area contributed by atoms with Crippen molar-refractivity contribution in [2.75, 3.05) is 32.0 Å².